The number of hydrogen-bond donors (Lipinski definition) is 0. The zero-order valence-electron chi connectivity index (χ0n) is 13.7. The number of ether oxygens (including phenoxy) is 3. The summed E-state index contributed by atoms with van der Waals surface area (Å²) in [4.78, 5) is 24.8. The number of hydrogen-bond acceptors (Lipinski definition) is 5. The minimum absolute atomic E-state index is 0.0179. The maximum Gasteiger partial charge on any atom is 0.201 e. The highest BCUT2D eigenvalue weighted by atomic mass is 16.5. The van der Waals surface area contributed by atoms with Crippen molar-refractivity contribution in [1.82, 2.24) is 0 Å². The van der Waals surface area contributed by atoms with Gasteiger partial charge >= 0.3 is 0 Å². The van der Waals surface area contributed by atoms with Crippen LogP contribution in [0.1, 0.15) is 18.4 Å². The Morgan fingerprint density at radius 1 is 0.870 bits per heavy atom. The van der Waals surface area contributed by atoms with Crippen molar-refractivity contribution in [3.8, 4) is 11.5 Å². The topological polar surface area (TPSA) is 61.8 Å². The predicted molar refractivity (Wildman–Crippen MR) is 83.5 cm³/mol. The number of rotatable bonds is 4. The Morgan fingerprint density at radius 2 is 1.57 bits per heavy atom. The van der Waals surface area contributed by atoms with Crippen LogP contribution in [-0.4, -0.2) is 32.9 Å². The van der Waals surface area contributed by atoms with Crippen molar-refractivity contribution < 1.29 is 23.8 Å². The SMILES string of the molecule is COC1=CC(=O)[C@H]2[C@H](C)[C@@H](c3ccc(OC)c(OC)c3)[C@H]2C1=O. The van der Waals surface area contributed by atoms with Crippen molar-refractivity contribution in [3.05, 3.63) is 35.6 Å². The molecule has 2 aliphatic rings. The van der Waals surface area contributed by atoms with Crippen molar-refractivity contribution in [3.63, 3.8) is 0 Å². The molecule has 0 N–H and O–H groups in total. The molecule has 1 saturated carbocycles. The quantitative estimate of drug-likeness (QED) is 0.853. The number of carbonyl (C=O) groups excluding carboxylic acids is 2. The molecular weight excluding hydrogens is 296 g/mol. The molecule has 1 fully saturated rings. The van der Waals surface area contributed by atoms with Gasteiger partial charge in [-0.2, -0.15) is 0 Å². The molecule has 0 unspecified atom stereocenters. The summed E-state index contributed by atoms with van der Waals surface area (Å²) in [6.07, 6.45) is 1.34. The van der Waals surface area contributed by atoms with Crippen molar-refractivity contribution in [1.29, 1.82) is 0 Å². The Labute approximate surface area is 135 Å². The molecule has 0 spiro atoms. The molecule has 0 bridgehead atoms. The number of carbonyl (C=O) groups is 2. The molecule has 5 nitrogen and oxygen atoms in total. The molecule has 0 aliphatic heterocycles. The molecule has 23 heavy (non-hydrogen) atoms. The molecule has 1 aromatic carbocycles. The fraction of sp³-hybridized carbons (Fsp3) is 0.444. The van der Waals surface area contributed by atoms with Crippen molar-refractivity contribution in [2.45, 2.75) is 12.8 Å². The second kappa shape index (κ2) is 5.72. The van der Waals surface area contributed by atoms with Gasteiger partial charge in [0.2, 0.25) is 5.78 Å². The Kier molecular flexibility index (Phi) is 3.88. The van der Waals surface area contributed by atoms with E-state index < -0.39 is 0 Å². The largest absolute Gasteiger partial charge is 0.493 e. The van der Waals surface area contributed by atoms with E-state index in [-0.39, 0.29) is 41.0 Å². The van der Waals surface area contributed by atoms with Gasteiger partial charge in [-0.05, 0) is 29.5 Å². The second-order valence-electron chi connectivity index (χ2n) is 6.03. The van der Waals surface area contributed by atoms with E-state index in [1.807, 2.05) is 25.1 Å². The zero-order valence-corrected chi connectivity index (χ0v) is 13.7. The third kappa shape index (κ3) is 2.22. The zero-order chi connectivity index (χ0) is 16.7. The summed E-state index contributed by atoms with van der Waals surface area (Å²) in [7, 11) is 4.58. The van der Waals surface area contributed by atoms with Crippen LogP contribution in [0.4, 0.5) is 0 Å². The minimum Gasteiger partial charge on any atom is -0.493 e. The normalized spacial score (nSPS) is 29.3. The van der Waals surface area contributed by atoms with E-state index in [9.17, 15) is 9.59 Å². The molecule has 4 atom stereocenters. The van der Waals surface area contributed by atoms with E-state index in [4.69, 9.17) is 14.2 Å². The first-order valence-corrected chi connectivity index (χ1v) is 7.59. The number of allylic oxidation sites excluding steroid dienone is 2. The number of Topliss-reactive ketones (excluding diaryl/α,β-unsaturated/α-hetero) is 1. The first kappa shape index (κ1) is 15.6. The van der Waals surface area contributed by atoms with Gasteiger partial charge < -0.3 is 14.2 Å². The van der Waals surface area contributed by atoms with Crippen LogP contribution in [0.3, 0.4) is 0 Å². The highest BCUT2D eigenvalue weighted by Gasteiger charge is 2.57. The van der Waals surface area contributed by atoms with E-state index in [0.29, 0.717) is 11.5 Å². The van der Waals surface area contributed by atoms with Gasteiger partial charge in [0.25, 0.3) is 0 Å². The molecule has 2 aliphatic carbocycles. The lowest BCUT2D eigenvalue weighted by atomic mass is 9.51. The van der Waals surface area contributed by atoms with Gasteiger partial charge in [0.15, 0.2) is 23.0 Å². The van der Waals surface area contributed by atoms with E-state index in [0.717, 1.165) is 5.56 Å². The van der Waals surface area contributed by atoms with Crippen LogP contribution < -0.4 is 9.47 Å². The summed E-state index contributed by atoms with van der Waals surface area (Å²) in [6, 6.07) is 5.65. The van der Waals surface area contributed by atoms with Crippen LogP contribution >= 0.6 is 0 Å². The third-order valence-electron chi connectivity index (χ3n) is 5.07. The van der Waals surface area contributed by atoms with Crippen molar-refractivity contribution in [2.75, 3.05) is 21.3 Å². The Morgan fingerprint density at radius 3 is 2.17 bits per heavy atom. The summed E-state index contributed by atoms with van der Waals surface area (Å²) in [5, 5.41) is 0. The molecular formula is C18H20O5. The van der Waals surface area contributed by atoms with Crippen LogP contribution in [0.5, 0.6) is 11.5 Å². The average molecular weight is 316 g/mol. The van der Waals surface area contributed by atoms with E-state index >= 15 is 0 Å². The van der Waals surface area contributed by atoms with Crippen LogP contribution in [0.2, 0.25) is 0 Å². The summed E-state index contributed by atoms with van der Waals surface area (Å²) in [6.45, 7) is 2.01. The van der Waals surface area contributed by atoms with Gasteiger partial charge in [0, 0.05) is 17.9 Å². The first-order chi connectivity index (χ1) is 11.0. The molecule has 0 heterocycles. The van der Waals surface area contributed by atoms with Gasteiger partial charge in [-0.3, -0.25) is 9.59 Å². The lowest BCUT2D eigenvalue weighted by Crippen LogP contribution is -2.53. The standard InChI is InChI=1S/C18H20O5/c1-9-15(10-5-6-12(21-2)13(7-10)22-3)17-16(9)11(19)8-14(23-4)18(17)20/h5-9,15-17H,1-4H3/t9-,15+,16-,17-/m1/s1. The Balaban J connectivity index is 1.97. The van der Waals surface area contributed by atoms with E-state index in [1.54, 1.807) is 14.2 Å². The molecule has 0 aromatic heterocycles. The third-order valence-corrected chi connectivity index (χ3v) is 5.07. The van der Waals surface area contributed by atoms with Crippen LogP contribution in [-0.2, 0) is 14.3 Å². The molecule has 0 saturated heterocycles. The van der Waals surface area contributed by atoms with Crippen molar-refractivity contribution >= 4 is 11.6 Å². The molecule has 0 radical (unpaired) electrons. The van der Waals surface area contributed by atoms with Crippen LogP contribution in [0, 0.1) is 17.8 Å². The molecule has 3 rings (SSSR count). The minimum atomic E-state index is -0.351. The molecule has 0 amide bonds. The maximum absolute atomic E-state index is 12.6. The first-order valence-electron chi connectivity index (χ1n) is 7.59. The highest BCUT2D eigenvalue weighted by Crippen LogP contribution is 2.56. The van der Waals surface area contributed by atoms with Crippen LogP contribution in [0.25, 0.3) is 0 Å². The summed E-state index contributed by atoms with van der Waals surface area (Å²) in [5.74, 6) is 0.801. The van der Waals surface area contributed by atoms with E-state index in [1.165, 1.54) is 13.2 Å². The number of ketones is 2. The summed E-state index contributed by atoms with van der Waals surface area (Å²) < 4.78 is 15.7. The number of fused-ring (bicyclic) bond motifs is 1. The van der Waals surface area contributed by atoms with Gasteiger partial charge in [-0.1, -0.05) is 13.0 Å². The van der Waals surface area contributed by atoms with Gasteiger partial charge in [-0.25, -0.2) is 0 Å². The fourth-order valence-electron chi connectivity index (χ4n) is 3.91. The predicted octanol–water partition coefficient (Wildman–Crippen LogP) is 2.35. The highest BCUT2D eigenvalue weighted by molar-refractivity contribution is 6.11. The van der Waals surface area contributed by atoms with Gasteiger partial charge in [0.05, 0.1) is 21.3 Å². The fourth-order valence-corrected chi connectivity index (χ4v) is 3.91. The van der Waals surface area contributed by atoms with Gasteiger partial charge in [0.1, 0.15) is 0 Å². The summed E-state index contributed by atoms with van der Waals surface area (Å²) in [5.41, 5.74) is 0.981. The second-order valence-corrected chi connectivity index (χ2v) is 6.03. The van der Waals surface area contributed by atoms with Crippen molar-refractivity contribution in [2.24, 2.45) is 17.8 Å². The molecule has 1 aromatic rings. The smallest absolute Gasteiger partial charge is 0.201 e. The molecule has 5 heteroatoms. The number of methoxy groups -OCH3 is 3. The number of benzene rings is 1. The Hall–Kier alpha value is -2.30. The lowest BCUT2D eigenvalue weighted by Gasteiger charge is -2.50. The van der Waals surface area contributed by atoms with Crippen LogP contribution in [0.15, 0.2) is 30.0 Å². The Bertz CT molecular complexity index is 691. The van der Waals surface area contributed by atoms with E-state index in [2.05, 4.69) is 0 Å². The average Bonchev–Trinajstić information content (AvgIpc) is 2.55. The molecule has 122 valence electrons. The summed E-state index contributed by atoms with van der Waals surface area (Å²) >= 11 is 0. The van der Waals surface area contributed by atoms with Gasteiger partial charge in [-0.15, -0.1) is 0 Å². The lowest BCUT2D eigenvalue weighted by molar-refractivity contribution is -0.144. The maximum atomic E-state index is 12.6. The monoisotopic (exact) mass is 316 g/mol.